The van der Waals surface area contributed by atoms with Crippen LogP contribution in [0.3, 0.4) is 0 Å². The first-order valence-electron chi connectivity index (χ1n) is 7.04. The Balaban J connectivity index is 1.79. The number of Topliss-reactive ketones (excluding diaryl/α,β-unsaturated/α-hetero) is 1. The minimum atomic E-state index is -0.366. The van der Waals surface area contributed by atoms with Gasteiger partial charge in [-0.15, -0.1) is 0 Å². The van der Waals surface area contributed by atoms with E-state index in [1.54, 1.807) is 6.92 Å². The lowest BCUT2D eigenvalue weighted by molar-refractivity contribution is -0.117. The van der Waals surface area contributed by atoms with Gasteiger partial charge in [0.25, 0.3) is 0 Å². The molecule has 2 aliphatic rings. The van der Waals surface area contributed by atoms with E-state index in [0.717, 1.165) is 38.9 Å². The van der Waals surface area contributed by atoms with Crippen LogP contribution in [0.2, 0.25) is 0 Å². The van der Waals surface area contributed by atoms with Crippen LogP contribution >= 0.6 is 0 Å². The minimum Gasteiger partial charge on any atom is -0.390 e. The number of likely N-dealkylation sites (tertiary alicyclic amines) is 1. The molecule has 98 valence electrons. The van der Waals surface area contributed by atoms with E-state index in [4.69, 9.17) is 0 Å². The third-order valence-electron chi connectivity index (χ3n) is 4.51. The molecule has 0 amide bonds. The maximum atomic E-state index is 10.9. The van der Waals surface area contributed by atoms with Crippen molar-refractivity contribution in [1.29, 1.82) is 0 Å². The molecule has 2 rings (SSSR count). The summed E-state index contributed by atoms with van der Waals surface area (Å²) in [6.07, 6.45) is 7.24. The summed E-state index contributed by atoms with van der Waals surface area (Å²) in [5.41, 5.74) is -0.366. The van der Waals surface area contributed by atoms with Crippen molar-refractivity contribution in [2.24, 2.45) is 5.92 Å². The van der Waals surface area contributed by atoms with Crippen LogP contribution in [0.4, 0.5) is 0 Å². The van der Waals surface area contributed by atoms with E-state index in [9.17, 15) is 9.90 Å². The second-order valence-electron chi connectivity index (χ2n) is 5.90. The number of fused-ring (bicyclic) bond motifs is 1. The van der Waals surface area contributed by atoms with Crippen LogP contribution in [0.15, 0.2) is 0 Å². The SMILES string of the molecule is CC(=O)CCCN1CCC2(O)CCCCC2C1. The molecule has 1 aliphatic carbocycles. The second kappa shape index (κ2) is 5.49. The number of carbonyl (C=O) groups excluding carboxylic acids is 1. The summed E-state index contributed by atoms with van der Waals surface area (Å²) in [5, 5.41) is 10.5. The van der Waals surface area contributed by atoms with Crippen LogP contribution in [0, 0.1) is 5.92 Å². The highest BCUT2D eigenvalue weighted by Gasteiger charge is 2.42. The van der Waals surface area contributed by atoms with Crippen LogP contribution in [-0.4, -0.2) is 41.0 Å². The number of hydrogen-bond acceptors (Lipinski definition) is 3. The number of rotatable bonds is 4. The quantitative estimate of drug-likeness (QED) is 0.815. The second-order valence-corrected chi connectivity index (χ2v) is 5.90. The largest absolute Gasteiger partial charge is 0.390 e. The van der Waals surface area contributed by atoms with Gasteiger partial charge in [0, 0.05) is 25.4 Å². The Labute approximate surface area is 104 Å². The van der Waals surface area contributed by atoms with Crippen molar-refractivity contribution in [2.75, 3.05) is 19.6 Å². The molecule has 1 aliphatic heterocycles. The van der Waals surface area contributed by atoms with Gasteiger partial charge in [0.1, 0.15) is 5.78 Å². The van der Waals surface area contributed by atoms with Gasteiger partial charge in [-0.1, -0.05) is 12.8 Å². The van der Waals surface area contributed by atoms with Crippen molar-refractivity contribution >= 4 is 5.78 Å². The summed E-state index contributed by atoms with van der Waals surface area (Å²) < 4.78 is 0. The molecule has 2 fully saturated rings. The Morgan fingerprint density at radius 1 is 1.41 bits per heavy atom. The number of ketones is 1. The van der Waals surface area contributed by atoms with E-state index in [2.05, 4.69) is 4.90 Å². The predicted octanol–water partition coefficient (Wildman–Crippen LogP) is 1.98. The van der Waals surface area contributed by atoms with Crippen molar-refractivity contribution in [3.63, 3.8) is 0 Å². The van der Waals surface area contributed by atoms with Gasteiger partial charge in [0.05, 0.1) is 5.60 Å². The van der Waals surface area contributed by atoms with Crippen molar-refractivity contribution in [3.05, 3.63) is 0 Å². The molecular formula is C14H25NO2. The standard InChI is InChI=1S/C14H25NO2/c1-12(16)5-4-9-15-10-8-14(17)7-3-2-6-13(14)11-15/h13,17H,2-11H2,1H3. The number of hydrogen-bond donors (Lipinski definition) is 1. The molecule has 1 saturated carbocycles. The van der Waals surface area contributed by atoms with Gasteiger partial charge < -0.3 is 14.8 Å². The fourth-order valence-corrected chi connectivity index (χ4v) is 3.39. The maximum Gasteiger partial charge on any atom is 0.129 e. The van der Waals surface area contributed by atoms with Crippen LogP contribution in [0.25, 0.3) is 0 Å². The Hall–Kier alpha value is -0.410. The molecule has 0 aromatic carbocycles. The van der Waals surface area contributed by atoms with E-state index < -0.39 is 0 Å². The summed E-state index contributed by atoms with van der Waals surface area (Å²) in [6.45, 7) is 4.72. The average molecular weight is 239 g/mol. The smallest absolute Gasteiger partial charge is 0.129 e. The molecule has 3 nitrogen and oxygen atoms in total. The van der Waals surface area contributed by atoms with Gasteiger partial charge in [0.2, 0.25) is 0 Å². The van der Waals surface area contributed by atoms with Gasteiger partial charge >= 0.3 is 0 Å². The highest BCUT2D eigenvalue weighted by molar-refractivity contribution is 5.75. The molecule has 0 radical (unpaired) electrons. The van der Waals surface area contributed by atoms with Crippen LogP contribution in [0.1, 0.15) is 51.9 Å². The highest BCUT2D eigenvalue weighted by Crippen LogP contribution is 2.39. The van der Waals surface area contributed by atoms with Crippen molar-refractivity contribution in [3.8, 4) is 0 Å². The zero-order valence-corrected chi connectivity index (χ0v) is 11.0. The zero-order chi connectivity index (χ0) is 12.3. The molecular weight excluding hydrogens is 214 g/mol. The van der Waals surface area contributed by atoms with E-state index in [1.807, 2.05) is 0 Å². The fourth-order valence-electron chi connectivity index (χ4n) is 3.39. The van der Waals surface area contributed by atoms with E-state index in [0.29, 0.717) is 12.3 Å². The molecule has 1 saturated heterocycles. The summed E-state index contributed by atoms with van der Waals surface area (Å²) in [7, 11) is 0. The number of carbonyl (C=O) groups is 1. The third-order valence-corrected chi connectivity index (χ3v) is 4.51. The molecule has 0 spiro atoms. The molecule has 0 aromatic heterocycles. The van der Waals surface area contributed by atoms with Gasteiger partial charge in [0.15, 0.2) is 0 Å². The third kappa shape index (κ3) is 3.29. The van der Waals surface area contributed by atoms with Crippen molar-refractivity contribution in [1.82, 2.24) is 4.90 Å². The lowest BCUT2D eigenvalue weighted by atomic mass is 9.71. The Morgan fingerprint density at radius 2 is 2.24 bits per heavy atom. The molecule has 1 heterocycles. The molecule has 0 bridgehead atoms. The molecule has 0 aromatic rings. The normalized spacial score (nSPS) is 34.4. The summed E-state index contributed by atoms with van der Waals surface area (Å²) >= 11 is 0. The molecule has 17 heavy (non-hydrogen) atoms. The van der Waals surface area contributed by atoms with Crippen molar-refractivity contribution in [2.45, 2.75) is 57.5 Å². The number of nitrogens with zero attached hydrogens (tertiary/aromatic N) is 1. The fraction of sp³-hybridized carbons (Fsp3) is 0.929. The first kappa shape index (κ1) is 13.0. The van der Waals surface area contributed by atoms with E-state index >= 15 is 0 Å². The molecule has 2 unspecified atom stereocenters. The van der Waals surface area contributed by atoms with Crippen LogP contribution < -0.4 is 0 Å². The first-order chi connectivity index (χ1) is 8.10. The van der Waals surface area contributed by atoms with Crippen molar-refractivity contribution < 1.29 is 9.90 Å². The van der Waals surface area contributed by atoms with Crippen LogP contribution in [0.5, 0.6) is 0 Å². The van der Waals surface area contributed by atoms with Gasteiger partial charge in [-0.05, 0) is 39.2 Å². The summed E-state index contributed by atoms with van der Waals surface area (Å²) in [5.74, 6) is 0.763. The molecule has 1 N–H and O–H groups in total. The number of piperidine rings is 1. The number of aliphatic hydroxyl groups is 1. The zero-order valence-electron chi connectivity index (χ0n) is 11.0. The van der Waals surface area contributed by atoms with E-state index in [1.165, 1.54) is 19.3 Å². The monoisotopic (exact) mass is 239 g/mol. The minimum absolute atomic E-state index is 0.288. The van der Waals surface area contributed by atoms with Gasteiger partial charge in [-0.3, -0.25) is 0 Å². The Bertz CT molecular complexity index is 279. The maximum absolute atomic E-state index is 10.9. The van der Waals surface area contributed by atoms with Gasteiger partial charge in [-0.25, -0.2) is 0 Å². The summed E-state index contributed by atoms with van der Waals surface area (Å²) in [4.78, 5) is 13.3. The average Bonchev–Trinajstić information content (AvgIpc) is 2.28. The molecule has 3 heteroatoms. The van der Waals surface area contributed by atoms with Crippen LogP contribution in [-0.2, 0) is 4.79 Å². The first-order valence-corrected chi connectivity index (χ1v) is 7.04. The summed E-state index contributed by atoms with van der Waals surface area (Å²) in [6, 6.07) is 0. The Morgan fingerprint density at radius 3 is 3.00 bits per heavy atom. The van der Waals surface area contributed by atoms with Gasteiger partial charge in [-0.2, -0.15) is 0 Å². The Kier molecular flexibility index (Phi) is 4.21. The van der Waals surface area contributed by atoms with E-state index in [-0.39, 0.29) is 11.4 Å². The lowest BCUT2D eigenvalue weighted by Gasteiger charge is -2.47. The topological polar surface area (TPSA) is 40.5 Å². The lowest BCUT2D eigenvalue weighted by Crippen LogP contribution is -2.53. The highest BCUT2D eigenvalue weighted by atomic mass is 16.3. The molecule has 2 atom stereocenters. The predicted molar refractivity (Wildman–Crippen MR) is 67.9 cm³/mol.